The van der Waals surface area contributed by atoms with E-state index in [0.717, 1.165) is 6.42 Å². The lowest BCUT2D eigenvalue weighted by Gasteiger charge is -2.45. The smallest absolute Gasteiger partial charge is 0.286 e. The Morgan fingerprint density at radius 2 is 1.65 bits per heavy atom. The Kier molecular flexibility index (Phi) is 5.69. The number of hydrogen-bond donors (Lipinski definition) is 1. The van der Waals surface area contributed by atoms with Gasteiger partial charge in [-0.2, -0.15) is 0 Å². The van der Waals surface area contributed by atoms with E-state index in [2.05, 4.69) is 53.8 Å². The molecule has 2 bridgehead atoms. The number of nitro benzene ring substituents is 1. The Bertz CT molecular complexity index is 1220. The molecule has 1 N–H and O–H groups in total. The monoisotopic (exact) mass is 458 g/mol. The van der Waals surface area contributed by atoms with E-state index in [9.17, 15) is 14.9 Å². The first-order valence-corrected chi connectivity index (χ1v) is 11.5. The highest BCUT2D eigenvalue weighted by atomic mass is 16.6. The molecule has 0 radical (unpaired) electrons. The molecule has 1 atom stereocenters. The third-order valence-electron chi connectivity index (χ3n) is 6.97. The molecule has 174 valence electrons. The van der Waals surface area contributed by atoms with Gasteiger partial charge in [0.25, 0.3) is 11.6 Å². The van der Waals surface area contributed by atoms with Gasteiger partial charge in [-0.05, 0) is 41.5 Å². The van der Waals surface area contributed by atoms with Crippen molar-refractivity contribution in [1.29, 1.82) is 0 Å². The molecule has 3 aliphatic carbocycles. The Balaban J connectivity index is 1.43. The number of carbonyl (C=O) groups excluding carboxylic acids is 1. The number of carbonyl (C=O) groups is 1. The summed E-state index contributed by atoms with van der Waals surface area (Å²) in [6, 6.07) is 19.7. The molecule has 3 aromatic carbocycles. The van der Waals surface area contributed by atoms with Gasteiger partial charge in [-0.3, -0.25) is 14.9 Å². The Hall–Kier alpha value is -3.87. The van der Waals surface area contributed by atoms with Crippen molar-refractivity contribution < 1.29 is 19.2 Å². The van der Waals surface area contributed by atoms with E-state index in [1.165, 1.54) is 41.5 Å². The molecule has 3 aromatic rings. The first kappa shape index (κ1) is 21.9. The van der Waals surface area contributed by atoms with Crippen molar-refractivity contribution in [2.24, 2.45) is 5.92 Å². The van der Waals surface area contributed by atoms with E-state index < -0.39 is 10.8 Å². The van der Waals surface area contributed by atoms with Crippen molar-refractivity contribution in [1.82, 2.24) is 5.32 Å². The van der Waals surface area contributed by atoms with Gasteiger partial charge < -0.3 is 14.8 Å². The van der Waals surface area contributed by atoms with Gasteiger partial charge in [-0.15, -0.1) is 0 Å². The maximum absolute atomic E-state index is 13.2. The van der Waals surface area contributed by atoms with Crippen LogP contribution in [0.1, 0.15) is 57.8 Å². The van der Waals surface area contributed by atoms with Crippen LogP contribution in [0.3, 0.4) is 0 Å². The number of rotatable bonds is 7. The number of hydrogen-bond acceptors (Lipinski definition) is 5. The van der Waals surface area contributed by atoms with Crippen LogP contribution in [-0.2, 0) is 0 Å². The quantitative estimate of drug-likeness (QED) is 0.396. The lowest BCUT2D eigenvalue weighted by Crippen LogP contribution is -2.39. The van der Waals surface area contributed by atoms with Crippen LogP contribution in [0.5, 0.6) is 11.5 Å². The number of nitrogens with zero attached hydrogens (tertiary/aromatic N) is 1. The molecule has 0 saturated carbocycles. The van der Waals surface area contributed by atoms with Crippen molar-refractivity contribution in [2.45, 2.75) is 25.2 Å². The molecule has 1 unspecified atom stereocenters. The highest BCUT2D eigenvalue weighted by molar-refractivity contribution is 5.99. The normalized spacial score (nSPS) is 19.6. The summed E-state index contributed by atoms with van der Waals surface area (Å²) in [5, 5.41) is 14.7. The zero-order chi connectivity index (χ0) is 23.8. The predicted octanol–water partition coefficient (Wildman–Crippen LogP) is 5.03. The van der Waals surface area contributed by atoms with Crippen LogP contribution in [0.25, 0.3) is 0 Å². The number of methoxy groups -OCH3 is 1. The van der Waals surface area contributed by atoms with E-state index >= 15 is 0 Å². The summed E-state index contributed by atoms with van der Waals surface area (Å²) in [4.78, 5) is 24.3. The highest BCUT2D eigenvalue weighted by Gasteiger charge is 2.43. The van der Waals surface area contributed by atoms with Crippen LogP contribution in [0.4, 0.5) is 5.69 Å². The number of benzene rings is 3. The molecule has 3 aliphatic rings. The van der Waals surface area contributed by atoms with E-state index in [1.54, 1.807) is 6.92 Å². The lowest BCUT2D eigenvalue weighted by atomic mass is 9.59. The maximum Gasteiger partial charge on any atom is 0.286 e. The van der Waals surface area contributed by atoms with Gasteiger partial charge in [0.15, 0.2) is 11.5 Å². The molecule has 0 spiro atoms. The number of nitrogens with one attached hydrogen (secondary N) is 1. The van der Waals surface area contributed by atoms with Crippen molar-refractivity contribution in [2.75, 3.05) is 20.3 Å². The molecule has 0 fully saturated rings. The Morgan fingerprint density at radius 1 is 1.03 bits per heavy atom. The van der Waals surface area contributed by atoms with Crippen LogP contribution in [0.15, 0.2) is 60.7 Å². The third-order valence-corrected chi connectivity index (χ3v) is 6.97. The number of amides is 1. The molecular formula is C27H26N2O5. The molecule has 0 aromatic heterocycles. The minimum Gasteiger partial charge on any atom is -0.493 e. The van der Waals surface area contributed by atoms with Crippen LogP contribution < -0.4 is 14.8 Å². The standard InChI is InChI=1S/C27H26N2O5/c1-3-34-25-13-22(23(29(31)32)14-24(25)33-2)27(30)28-15-16-12-21-17-8-4-6-10-19(17)26(16)20-11-7-5-9-18(20)21/h4-11,13-14,16,21,26H,3,12,15H2,1-2H3,(H,28,30). The van der Waals surface area contributed by atoms with Crippen LogP contribution in [-0.4, -0.2) is 31.1 Å². The molecule has 7 nitrogen and oxygen atoms in total. The second kappa shape index (κ2) is 8.82. The summed E-state index contributed by atoms with van der Waals surface area (Å²) in [5.41, 5.74) is 5.01. The maximum atomic E-state index is 13.2. The summed E-state index contributed by atoms with van der Waals surface area (Å²) in [6.45, 7) is 2.57. The van der Waals surface area contributed by atoms with Crippen molar-refractivity contribution >= 4 is 11.6 Å². The van der Waals surface area contributed by atoms with Crippen LogP contribution >= 0.6 is 0 Å². The van der Waals surface area contributed by atoms with Crippen LogP contribution in [0.2, 0.25) is 0 Å². The Labute approximate surface area is 197 Å². The zero-order valence-electron chi connectivity index (χ0n) is 19.1. The van der Waals surface area contributed by atoms with Gasteiger partial charge in [0, 0.05) is 24.4 Å². The highest BCUT2D eigenvalue weighted by Crippen LogP contribution is 2.55. The van der Waals surface area contributed by atoms with Gasteiger partial charge in [-0.25, -0.2) is 0 Å². The third kappa shape index (κ3) is 3.57. The minimum absolute atomic E-state index is 0.0315. The zero-order valence-corrected chi connectivity index (χ0v) is 19.1. The minimum atomic E-state index is -0.567. The molecular weight excluding hydrogens is 432 g/mol. The molecule has 34 heavy (non-hydrogen) atoms. The SMILES string of the molecule is CCOc1cc(C(=O)NCC2CC3c4ccccc4C2c2ccccc23)c([N+](=O)[O-])cc1OC. The first-order chi connectivity index (χ1) is 16.5. The molecule has 0 heterocycles. The fourth-order valence-electron chi connectivity index (χ4n) is 5.59. The average molecular weight is 459 g/mol. The lowest BCUT2D eigenvalue weighted by molar-refractivity contribution is -0.385. The predicted molar refractivity (Wildman–Crippen MR) is 128 cm³/mol. The van der Waals surface area contributed by atoms with Crippen molar-refractivity contribution in [3.05, 3.63) is 98.6 Å². The van der Waals surface area contributed by atoms with Crippen molar-refractivity contribution in [3.8, 4) is 11.5 Å². The molecule has 7 heteroatoms. The van der Waals surface area contributed by atoms with E-state index in [-0.39, 0.29) is 28.8 Å². The van der Waals surface area contributed by atoms with Gasteiger partial charge in [-0.1, -0.05) is 48.5 Å². The summed E-state index contributed by atoms with van der Waals surface area (Å²) in [5.74, 6) is 0.714. The van der Waals surface area contributed by atoms with Gasteiger partial charge in [0.1, 0.15) is 5.56 Å². The second-order valence-corrected chi connectivity index (χ2v) is 8.70. The summed E-state index contributed by atoms with van der Waals surface area (Å²) in [7, 11) is 1.41. The van der Waals surface area contributed by atoms with Gasteiger partial charge in [0.2, 0.25) is 0 Å². The van der Waals surface area contributed by atoms with Gasteiger partial charge in [0.05, 0.1) is 24.7 Å². The first-order valence-electron chi connectivity index (χ1n) is 11.5. The summed E-state index contributed by atoms with van der Waals surface area (Å²) < 4.78 is 10.8. The van der Waals surface area contributed by atoms with E-state index in [4.69, 9.17) is 9.47 Å². The second-order valence-electron chi connectivity index (χ2n) is 8.70. The molecule has 1 amide bonds. The Morgan fingerprint density at radius 3 is 2.21 bits per heavy atom. The topological polar surface area (TPSA) is 90.7 Å². The molecule has 0 saturated heterocycles. The van der Waals surface area contributed by atoms with Gasteiger partial charge >= 0.3 is 0 Å². The number of nitro groups is 1. The molecule has 6 rings (SSSR count). The fraction of sp³-hybridized carbons (Fsp3) is 0.296. The summed E-state index contributed by atoms with van der Waals surface area (Å²) >= 11 is 0. The molecule has 0 aliphatic heterocycles. The van der Waals surface area contributed by atoms with Crippen molar-refractivity contribution in [3.63, 3.8) is 0 Å². The summed E-state index contributed by atoms with van der Waals surface area (Å²) in [6.07, 6.45) is 0.924. The fourth-order valence-corrected chi connectivity index (χ4v) is 5.59. The van der Waals surface area contributed by atoms with E-state index in [0.29, 0.717) is 24.8 Å². The van der Waals surface area contributed by atoms with E-state index in [1.807, 2.05) is 0 Å². The van der Waals surface area contributed by atoms with Crippen LogP contribution in [0, 0.1) is 16.0 Å². The number of ether oxygens (including phenoxy) is 2. The largest absolute Gasteiger partial charge is 0.493 e. The number of fused-ring (bicyclic) bond motifs is 1. The average Bonchev–Trinajstić information content (AvgIpc) is 2.87.